The van der Waals surface area contributed by atoms with Crippen LogP contribution in [0.3, 0.4) is 0 Å². The van der Waals surface area contributed by atoms with Crippen LogP contribution in [0.15, 0.2) is 16.6 Å². The Labute approximate surface area is 97.8 Å². The zero-order valence-electron chi connectivity index (χ0n) is 8.89. The molecule has 1 aromatic rings. The summed E-state index contributed by atoms with van der Waals surface area (Å²) in [6.07, 6.45) is 2.24. The fourth-order valence-corrected chi connectivity index (χ4v) is 2.57. The Kier molecular flexibility index (Phi) is 3.01. The monoisotopic (exact) mass is 272 g/mol. The van der Waals surface area contributed by atoms with Gasteiger partial charge in [-0.3, -0.25) is 0 Å². The molecule has 1 aliphatic carbocycles. The van der Waals surface area contributed by atoms with Crippen molar-refractivity contribution < 1.29 is 9.13 Å². The van der Waals surface area contributed by atoms with E-state index in [1.165, 1.54) is 7.11 Å². The minimum absolute atomic E-state index is 0.201. The zero-order chi connectivity index (χ0) is 11.0. The molecule has 82 valence electrons. The smallest absolute Gasteiger partial charge is 0.169 e. The molecule has 1 aromatic carbocycles. The molecule has 15 heavy (non-hydrogen) atoms. The molecule has 0 aliphatic heterocycles. The van der Waals surface area contributed by atoms with Crippen molar-refractivity contribution in [2.75, 3.05) is 7.11 Å². The highest BCUT2D eigenvalue weighted by Gasteiger charge is 2.39. The maximum Gasteiger partial charge on any atom is 0.169 e. The van der Waals surface area contributed by atoms with Crippen molar-refractivity contribution in [2.24, 2.45) is 5.92 Å². The third kappa shape index (κ3) is 1.89. The van der Waals surface area contributed by atoms with Gasteiger partial charge in [0.25, 0.3) is 0 Å². The Balaban J connectivity index is 2.34. The van der Waals surface area contributed by atoms with Gasteiger partial charge in [0.1, 0.15) is 0 Å². The maximum atomic E-state index is 14.0. The standard InChI is InChI=1S/C12H14BrFO/c1-3-7-6-9(7)8-4-5-10(13)12(15-2)11(8)14/h4-5,7,9H,3,6H2,1-2H3. The van der Waals surface area contributed by atoms with Crippen LogP contribution in [0, 0.1) is 11.7 Å². The predicted molar refractivity (Wildman–Crippen MR) is 61.8 cm³/mol. The van der Waals surface area contributed by atoms with E-state index in [1.54, 1.807) is 0 Å². The van der Waals surface area contributed by atoms with E-state index in [-0.39, 0.29) is 5.82 Å². The average molecular weight is 273 g/mol. The van der Waals surface area contributed by atoms with E-state index >= 15 is 0 Å². The van der Waals surface area contributed by atoms with Crippen LogP contribution in [-0.2, 0) is 0 Å². The minimum atomic E-state index is -0.201. The zero-order valence-corrected chi connectivity index (χ0v) is 10.5. The highest BCUT2D eigenvalue weighted by atomic mass is 79.9. The third-order valence-electron chi connectivity index (χ3n) is 3.13. The summed E-state index contributed by atoms with van der Waals surface area (Å²) >= 11 is 3.28. The number of methoxy groups -OCH3 is 1. The van der Waals surface area contributed by atoms with Crippen LogP contribution in [0.4, 0.5) is 4.39 Å². The van der Waals surface area contributed by atoms with Gasteiger partial charge in [-0.1, -0.05) is 19.4 Å². The summed E-state index contributed by atoms with van der Waals surface area (Å²) in [5, 5.41) is 0. The van der Waals surface area contributed by atoms with Crippen molar-refractivity contribution in [2.45, 2.75) is 25.7 Å². The summed E-state index contributed by atoms with van der Waals surface area (Å²) in [5.41, 5.74) is 0.807. The van der Waals surface area contributed by atoms with E-state index in [0.717, 1.165) is 18.4 Å². The minimum Gasteiger partial charge on any atom is -0.492 e. The molecular weight excluding hydrogens is 259 g/mol. The Bertz CT molecular complexity index is 378. The topological polar surface area (TPSA) is 9.23 Å². The van der Waals surface area contributed by atoms with Crippen molar-refractivity contribution in [3.63, 3.8) is 0 Å². The molecular formula is C12H14BrFO. The van der Waals surface area contributed by atoms with Crippen LogP contribution >= 0.6 is 15.9 Å². The summed E-state index contributed by atoms with van der Waals surface area (Å²) in [6, 6.07) is 3.73. The molecule has 1 nitrogen and oxygen atoms in total. The lowest BCUT2D eigenvalue weighted by molar-refractivity contribution is 0.381. The average Bonchev–Trinajstić information content (AvgIpc) is 2.98. The molecule has 0 saturated heterocycles. The van der Waals surface area contributed by atoms with E-state index in [9.17, 15) is 4.39 Å². The molecule has 0 spiro atoms. The van der Waals surface area contributed by atoms with Gasteiger partial charge in [-0.05, 0) is 45.8 Å². The molecule has 1 saturated carbocycles. The summed E-state index contributed by atoms with van der Waals surface area (Å²) in [5.74, 6) is 1.18. The molecule has 0 bridgehead atoms. The number of hydrogen-bond donors (Lipinski definition) is 0. The second-order valence-electron chi connectivity index (χ2n) is 3.99. The SMILES string of the molecule is CCC1CC1c1ccc(Br)c(OC)c1F. The van der Waals surface area contributed by atoms with Gasteiger partial charge in [-0.25, -0.2) is 4.39 Å². The summed E-state index contributed by atoms with van der Waals surface area (Å²) in [7, 11) is 1.50. The molecule has 0 aromatic heterocycles. The molecule has 0 heterocycles. The van der Waals surface area contributed by atoms with Crippen LogP contribution in [0.5, 0.6) is 5.75 Å². The Hall–Kier alpha value is -0.570. The number of benzene rings is 1. The lowest BCUT2D eigenvalue weighted by Crippen LogP contribution is -1.95. The molecule has 0 radical (unpaired) electrons. The highest BCUT2D eigenvalue weighted by molar-refractivity contribution is 9.10. The fraction of sp³-hybridized carbons (Fsp3) is 0.500. The molecule has 0 N–H and O–H groups in total. The summed E-state index contributed by atoms with van der Waals surface area (Å²) in [6.45, 7) is 2.15. The molecule has 1 aliphatic rings. The maximum absolute atomic E-state index is 14.0. The summed E-state index contributed by atoms with van der Waals surface area (Å²) < 4.78 is 19.7. The number of ether oxygens (including phenoxy) is 1. The van der Waals surface area contributed by atoms with Crippen molar-refractivity contribution in [1.29, 1.82) is 0 Å². The Morgan fingerprint density at radius 2 is 2.27 bits per heavy atom. The lowest BCUT2D eigenvalue weighted by atomic mass is 10.1. The van der Waals surface area contributed by atoms with Crippen LogP contribution in [0.2, 0.25) is 0 Å². The molecule has 2 unspecified atom stereocenters. The van der Waals surface area contributed by atoms with Gasteiger partial charge in [-0.15, -0.1) is 0 Å². The van der Waals surface area contributed by atoms with Crippen LogP contribution in [-0.4, -0.2) is 7.11 Å². The highest BCUT2D eigenvalue weighted by Crippen LogP contribution is 2.51. The van der Waals surface area contributed by atoms with Crippen LogP contribution in [0.25, 0.3) is 0 Å². The van der Waals surface area contributed by atoms with E-state index < -0.39 is 0 Å². The predicted octanol–water partition coefficient (Wildman–Crippen LogP) is 4.11. The second kappa shape index (κ2) is 4.12. The fourth-order valence-electron chi connectivity index (χ4n) is 2.10. The first-order valence-corrected chi connectivity index (χ1v) is 6.00. The largest absolute Gasteiger partial charge is 0.492 e. The second-order valence-corrected chi connectivity index (χ2v) is 4.85. The van der Waals surface area contributed by atoms with Crippen molar-refractivity contribution >= 4 is 15.9 Å². The summed E-state index contributed by atoms with van der Waals surface area (Å²) in [4.78, 5) is 0. The molecule has 2 atom stereocenters. The van der Waals surface area contributed by atoms with Gasteiger partial charge in [-0.2, -0.15) is 0 Å². The van der Waals surface area contributed by atoms with Gasteiger partial charge in [0.05, 0.1) is 11.6 Å². The first-order valence-electron chi connectivity index (χ1n) is 5.20. The van der Waals surface area contributed by atoms with Crippen molar-refractivity contribution in [3.05, 3.63) is 28.0 Å². The molecule has 2 rings (SSSR count). The lowest BCUT2D eigenvalue weighted by Gasteiger charge is -2.08. The van der Waals surface area contributed by atoms with Gasteiger partial charge in [0, 0.05) is 0 Å². The van der Waals surface area contributed by atoms with E-state index in [1.807, 2.05) is 12.1 Å². The molecule has 3 heteroatoms. The van der Waals surface area contributed by atoms with Gasteiger partial charge >= 0.3 is 0 Å². The number of halogens is 2. The van der Waals surface area contributed by atoms with Crippen LogP contribution in [0.1, 0.15) is 31.2 Å². The molecule has 0 amide bonds. The van der Waals surface area contributed by atoms with Gasteiger partial charge < -0.3 is 4.74 Å². The van der Waals surface area contributed by atoms with Gasteiger partial charge in [0.15, 0.2) is 11.6 Å². The first-order chi connectivity index (χ1) is 7.19. The van der Waals surface area contributed by atoms with E-state index in [4.69, 9.17) is 4.74 Å². The quantitative estimate of drug-likeness (QED) is 0.805. The van der Waals surface area contributed by atoms with Gasteiger partial charge in [0.2, 0.25) is 0 Å². The van der Waals surface area contributed by atoms with Crippen molar-refractivity contribution in [1.82, 2.24) is 0 Å². The van der Waals surface area contributed by atoms with Crippen LogP contribution < -0.4 is 4.74 Å². The normalized spacial score (nSPS) is 24.0. The first kappa shape index (κ1) is 10.9. The Morgan fingerprint density at radius 1 is 1.53 bits per heavy atom. The van der Waals surface area contributed by atoms with E-state index in [0.29, 0.717) is 22.1 Å². The van der Waals surface area contributed by atoms with E-state index in [2.05, 4.69) is 22.9 Å². The van der Waals surface area contributed by atoms with Crippen molar-refractivity contribution in [3.8, 4) is 5.75 Å². The number of rotatable bonds is 3. The molecule has 1 fully saturated rings. The Morgan fingerprint density at radius 3 is 2.80 bits per heavy atom. The third-order valence-corrected chi connectivity index (χ3v) is 3.75. The number of hydrogen-bond acceptors (Lipinski definition) is 1.